The van der Waals surface area contributed by atoms with Crippen LogP contribution in [0.4, 0.5) is 5.69 Å². The molecular formula is C10H14Cl2N. The fourth-order valence-corrected chi connectivity index (χ4v) is 1.30. The number of nitrogens with zero attached hydrogens (tertiary/aromatic N) is 1. The molecule has 1 rings (SSSR count). The van der Waals surface area contributed by atoms with Gasteiger partial charge in [-0.05, 0) is 13.8 Å². The Hall–Kier alpha value is -0.240. The number of benzene rings is 1. The third-order valence-electron chi connectivity index (χ3n) is 2.09. The summed E-state index contributed by atoms with van der Waals surface area (Å²) in [5, 5.41) is 0. The smallest absolute Gasteiger partial charge is 0.171 e. The Morgan fingerprint density at radius 1 is 1.38 bits per heavy atom. The molecular weight excluding hydrogens is 205 g/mol. The second-order valence-corrected chi connectivity index (χ2v) is 3.76. The molecule has 3 heteroatoms. The van der Waals surface area contributed by atoms with E-state index in [1.54, 1.807) is 0 Å². The van der Waals surface area contributed by atoms with Crippen molar-refractivity contribution in [2.75, 3.05) is 13.6 Å². The zero-order chi connectivity index (χ0) is 9.19. The molecule has 1 aromatic carbocycles. The van der Waals surface area contributed by atoms with Gasteiger partial charge in [-0.25, -0.2) is 0 Å². The van der Waals surface area contributed by atoms with Crippen molar-refractivity contribution in [3.63, 3.8) is 0 Å². The molecule has 0 heterocycles. The van der Waals surface area contributed by atoms with Gasteiger partial charge in [0, 0.05) is 11.6 Å². The minimum absolute atomic E-state index is 0. The van der Waals surface area contributed by atoms with Crippen LogP contribution in [-0.2, 0) is 0 Å². The maximum Gasteiger partial charge on any atom is 0.171 e. The van der Waals surface area contributed by atoms with Gasteiger partial charge in [0.25, 0.3) is 0 Å². The lowest BCUT2D eigenvalue weighted by Gasteiger charge is -2.23. The number of hydrogen-bond acceptors (Lipinski definition) is 0. The highest BCUT2D eigenvalue weighted by Gasteiger charge is 2.21. The van der Waals surface area contributed by atoms with Crippen LogP contribution in [0, 0.1) is 6.92 Å². The number of hydrogen-bond donors (Lipinski definition) is 0. The molecule has 0 bridgehead atoms. The summed E-state index contributed by atoms with van der Waals surface area (Å²) >= 11 is 6.25. The first-order valence-electron chi connectivity index (χ1n) is 4.04. The minimum Gasteiger partial charge on any atom is -1.00 e. The molecule has 13 heavy (non-hydrogen) atoms. The molecule has 0 aliphatic rings. The molecule has 0 N–H and O–H groups in total. The van der Waals surface area contributed by atoms with E-state index in [4.69, 9.17) is 11.8 Å². The van der Waals surface area contributed by atoms with Crippen molar-refractivity contribution in [2.24, 2.45) is 0 Å². The van der Waals surface area contributed by atoms with Crippen molar-refractivity contribution in [1.29, 1.82) is 0 Å². The van der Waals surface area contributed by atoms with E-state index in [1.165, 1.54) is 0 Å². The van der Waals surface area contributed by atoms with Crippen LogP contribution >= 0.6 is 11.8 Å². The first-order chi connectivity index (χ1) is 5.58. The van der Waals surface area contributed by atoms with Gasteiger partial charge in [0.2, 0.25) is 0 Å². The van der Waals surface area contributed by atoms with Crippen LogP contribution in [-0.4, -0.2) is 13.6 Å². The molecule has 1 aromatic rings. The number of quaternary nitrogens is 1. The lowest BCUT2D eigenvalue weighted by molar-refractivity contribution is -0.00000248. The molecule has 0 fully saturated rings. The van der Waals surface area contributed by atoms with Gasteiger partial charge in [-0.2, -0.15) is 4.00 Å². The van der Waals surface area contributed by atoms with Crippen molar-refractivity contribution in [3.8, 4) is 0 Å². The molecule has 0 spiro atoms. The van der Waals surface area contributed by atoms with Crippen molar-refractivity contribution < 1.29 is 12.4 Å². The van der Waals surface area contributed by atoms with Crippen LogP contribution in [0.25, 0.3) is 0 Å². The van der Waals surface area contributed by atoms with Crippen LogP contribution in [0.15, 0.2) is 24.3 Å². The number of para-hydroxylation sites is 1. The Kier molecular flexibility index (Phi) is 4.76. The predicted octanol–water partition coefficient (Wildman–Crippen LogP) is -0.0164. The first kappa shape index (κ1) is 12.8. The maximum absolute atomic E-state index is 6.25. The van der Waals surface area contributed by atoms with E-state index in [-0.39, 0.29) is 12.4 Å². The molecule has 1 nitrogen and oxygen atoms in total. The van der Waals surface area contributed by atoms with Crippen molar-refractivity contribution in [2.45, 2.75) is 6.92 Å². The molecule has 1 unspecified atom stereocenters. The quantitative estimate of drug-likeness (QED) is 0.613. The third kappa shape index (κ3) is 2.87. The molecule has 0 aromatic heterocycles. The Bertz CT molecular complexity index is 271. The maximum atomic E-state index is 6.25. The highest BCUT2D eigenvalue weighted by molar-refractivity contribution is 6.21. The molecule has 0 aliphatic heterocycles. The summed E-state index contributed by atoms with van der Waals surface area (Å²) in [6.45, 7) is 6.84. The van der Waals surface area contributed by atoms with Gasteiger partial charge in [-0.3, -0.25) is 0 Å². The fraction of sp³-hybridized carbons (Fsp3) is 0.300. The van der Waals surface area contributed by atoms with Crippen LogP contribution in [0.5, 0.6) is 0 Å². The van der Waals surface area contributed by atoms with Crippen LogP contribution in [0.2, 0.25) is 0 Å². The average molecular weight is 219 g/mol. The van der Waals surface area contributed by atoms with Gasteiger partial charge in [0.15, 0.2) is 17.5 Å². The molecule has 0 saturated carbocycles. The molecule has 0 saturated heterocycles. The summed E-state index contributed by atoms with van der Waals surface area (Å²) in [4.78, 5) is 0. The van der Waals surface area contributed by atoms with E-state index >= 15 is 0 Å². The monoisotopic (exact) mass is 218 g/mol. The van der Waals surface area contributed by atoms with E-state index in [0.717, 1.165) is 17.8 Å². The number of rotatable bonds is 2. The summed E-state index contributed by atoms with van der Waals surface area (Å²) in [6.07, 6.45) is 0. The standard InChI is InChI=1S/C10H14ClN.ClH/c1-4-12(3,11)10-8-6-5-7-9(10)2;/h5-8H,2,4H2,1,3H3;1H/q+1;/p-1. The van der Waals surface area contributed by atoms with Crippen LogP contribution in [0.3, 0.4) is 0 Å². The van der Waals surface area contributed by atoms with Gasteiger partial charge in [0.1, 0.15) is 0 Å². The average Bonchev–Trinajstić information content (AvgIpc) is 2.05. The third-order valence-corrected chi connectivity index (χ3v) is 2.51. The van der Waals surface area contributed by atoms with Gasteiger partial charge < -0.3 is 12.4 Å². The normalized spacial score (nSPS) is 14.5. The Balaban J connectivity index is 0.00000144. The lowest BCUT2D eigenvalue weighted by atomic mass is 10.2. The second kappa shape index (κ2) is 4.85. The topological polar surface area (TPSA) is 0 Å². The molecule has 1 atom stereocenters. The zero-order valence-electron chi connectivity index (χ0n) is 7.93. The summed E-state index contributed by atoms with van der Waals surface area (Å²) in [6, 6.07) is 7.94. The summed E-state index contributed by atoms with van der Waals surface area (Å²) in [5.74, 6) is 0. The number of halogens is 2. The van der Waals surface area contributed by atoms with E-state index in [9.17, 15) is 0 Å². The van der Waals surface area contributed by atoms with Gasteiger partial charge in [-0.1, -0.05) is 18.2 Å². The largest absolute Gasteiger partial charge is 1.00 e. The lowest BCUT2D eigenvalue weighted by Crippen LogP contribution is -3.00. The molecule has 0 aliphatic carbocycles. The second-order valence-electron chi connectivity index (χ2n) is 3.02. The van der Waals surface area contributed by atoms with Crippen molar-refractivity contribution in [1.82, 2.24) is 4.00 Å². The molecule has 73 valence electrons. The van der Waals surface area contributed by atoms with Crippen LogP contribution < -0.4 is 16.4 Å². The highest BCUT2D eigenvalue weighted by atomic mass is 35.5. The zero-order valence-corrected chi connectivity index (χ0v) is 9.44. The highest BCUT2D eigenvalue weighted by Crippen LogP contribution is 2.26. The van der Waals surface area contributed by atoms with Gasteiger partial charge in [-0.15, -0.1) is 0 Å². The Morgan fingerprint density at radius 3 is 2.38 bits per heavy atom. The summed E-state index contributed by atoms with van der Waals surface area (Å²) in [7, 11) is 1.96. The Morgan fingerprint density at radius 2 is 1.92 bits per heavy atom. The molecule has 0 amide bonds. The first-order valence-corrected chi connectivity index (χ1v) is 4.38. The Labute approximate surface area is 91.4 Å². The van der Waals surface area contributed by atoms with Crippen LogP contribution in [0.1, 0.15) is 12.5 Å². The van der Waals surface area contributed by atoms with E-state index < -0.39 is 0 Å². The summed E-state index contributed by atoms with van der Waals surface area (Å²) < 4.78 is 0.375. The van der Waals surface area contributed by atoms with Gasteiger partial charge >= 0.3 is 0 Å². The fourth-order valence-electron chi connectivity index (χ4n) is 1.14. The minimum atomic E-state index is 0. The van der Waals surface area contributed by atoms with E-state index in [1.807, 2.05) is 31.3 Å². The van der Waals surface area contributed by atoms with E-state index in [2.05, 4.69) is 13.8 Å². The van der Waals surface area contributed by atoms with E-state index in [0.29, 0.717) is 4.00 Å². The van der Waals surface area contributed by atoms with Crippen molar-refractivity contribution >= 4 is 17.5 Å². The predicted molar refractivity (Wildman–Crippen MR) is 55.0 cm³/mol. The SMILES string of the molecule is [CH2]c1ccccc1[N+](C)(Cl)CC.[Cl-]. The molecule has 1 radical (unpaired) electrons. The van der Waals surface area contributed by atoms with Gasteiger partial charge in [0.05, 0.1) is 13.6 Å². The summed E-state index contributed by atoms with van der Waals surface area (Å²) in [5.41, 5.74) is 2.07. The van der Waals surface area contributed by atoms with Crippen molar-refractivity contribution in [3.05, 3.63) is 36.8 Å².